The van der Waals surface area contributed by atoms with Crippen LogP contribution in [0.1, 0.15) is 25.3 Å². The van der Waals surface area contributed by atoms with Gasteiger partial charge in [-0.2, -0.15) is 4.31 Å². The Morgan fingerprint density at radius 2 is 1.64 bits per heavy atom. The number of sulfone groups is 1. The third kappa shape index (κ3) is 3.94. The van der Waals surface area contributed by atoms with Gasteiger partial charge in [0.2, 0.25) is 10.0 Å². The topological polar surface area (TPSA) is 80.8 Å². The van der Waals surface area contributed by atoms with Crippen molar-refractivity contribution in [1.82, 2.24) is 4.31 Å². The zero-order chi connectivity index (χ0) is 20.4. The van der Waals surface area contributed by atoms with Gasteiger partial charge in [0.1, 0.15) is 10.6 Å². The smallest absolute Gasteiger partial charge is 0.246 e. The van der Waals surface area contributed by atoms with Crippen molar-refractivity contribution in [3.05, 3.63) is 54.1 Å². The van der Waals surface area contributed by atoms with Crippen LogP contribution in [0.4, 0.5) is 0 Å². The molecule has 1 aliphatic rings. The van der Waals surface area contributed by atoms with Crippen molar-refractivity contribution in [2.75, 3.05) is 20.2 Å². The molecule has 0 amide bonds. The molecule has 0 N–H and O–H groups in total. The molecule has 152 valence electrons. The van der Waals surface area contributed by atoms with E-state index in [0.717, 1.165) is 5.56 Å². The average molecular weight is 424 g/mol. The maximum Gasteiger partial charge on any atom is 0.246 e. The normalized spacial score (nSPS) is 16.8. The highest BCUT2D eigenvalue weighted by molar-refractivity contribution is 7.92. The summed E-state index contributed by atoms with van der Waals surface area (Å²) in [6, 6.07) is 13.5. The van der Waals surface area contributed by atoms with Gasteiger partial charge in [0, 0.05) is 13.1 Å². The van der Waals surface area contributed by atoms with Crippen LogP contribution in [0.2, 0.25) is 0 Å². The van der Waals surface area contributed by atoms with Crippen LogP contribution in [0.5, 0.6) is 5.75 Å². The number of nitrogens with zero attached hydrogens (tertiary/aromatic N) is 1. The van der Waals surface area contributed by atoms with Gasteiger partial charge in [0.15, 0.2) is 9.84 Å². The summed E-state index contributed by atoms with van der Waals surface area (Å²) in [5, 5.41) is -0.578. The van der Waals surface area contributed by atoms with Gasteiger partial charge in [-0.3, -0.25) is 0 Å². The average Bonchev–Trinajstić information content (AvgIpc) is 2.74. The first-order chi connectivity index (χ1) is 13.3. The lowest BCUT2D eigenvalue weighted by atomic mass is 10.2. The molecule has 8 heteroatoms. The summed E-state index contributed by atoms with van der Waals surface area (Å²) in [6.45, 7) is 2.29. The van der Waals surface area contributed by atoms with Crippen molar-refractivity contribution in [3.8, 4) is 5.75 Å². The van der Waals surface area contributed by atoms with Gasteiger partial charge in [0.25, 0.3) is 0 Å². The number of benzene rings is 2. The van der Waals surface area contributed by atoms with Crippen LogP contribution in [0.25, 0.3) is 0 Å². The van der Waals surface area contributed by atoms with Crippen molar-refractivity contribution < 1.29 is 21.6 Å². The third-order valence-electron chi connectivity index (χ3n) is 5.17. The lowest BCUT2D eigenvalue weighted by molar-refractivity contribution is 0.342. The highest BCUT2D eigenvalue weighted by Crippen LogP contribution is 2.32. The summed E-state index contributed by atoms with van der Waals surface area (Å²) in [6.07, 6.45) is 1.25. The Labute approximate surface area is 167 Å². The van der Waals surface area contributed by atoms with E-state index in [1.807, 2.05) is 13.0 Å². The van der Waals surface area contributed by atoms with Crippen LogP contribution < -0.4 is 4.74 Å². The summed E-state index contributed by atoms with van der Waals surface area (Å²) in [4.78, 5) is 0.423. The summed E-state index contributed by atoms with van der Waals surface area (Å²) >= 11 is 0. The molecule has 28 heavy (non-hydrogen) atoms. The molecule has 1 fully saturated rings. The van der Waals surface area contributed by atoms with Gasteiger partial charge in [0.05, 0.1) is 17.3 Å². The molecule has 1 heterocycles. The Bertz CT molecular complexity index is 1030. The molecule has 3 rings (SSSR count). The molecule has 0 spiro atoms. The van der Waals surface area contributed by atoms with Crippen LogP contribution in [0.3, 0.4) is 0 Å². The predicted molar refractivity (Wildman–Crippen MR) is 108 cm³/mol. The van der Waals surface area contributed by atoms with Gasteiger partial charge >= 0.3 is 0 Å². The summed E-state index contributed by atoms with van der Waals surface area (Å²) in [5.41, 5.74) is 0.904. The van der Waals surface area contributed by atoms with E-state index in [1.54, 1.807) is 42.5 Å². The predicted octanol–water partition coefficient (Wildman–Crippen LogP) is 2.88. The van der Waals surface area contributed by atoms with E-state index in [2.05, 4.69) is 0 Å². The van der Waals surface area contributed by atoms with Gasteiger partial charge < -0.3 is 4.74 Å². The molecule has 0 radical (unpaired) electrons. The number of methoxy groups -OCH3 is 1. The first kappa shape index (κ1) is 20.8. The molecular formula is C20H25NO5S2. The molecule has 6 nitrogen and oxygen atoms in total. The molecule has 0 unspecified atom stereocenters. The summed E-state index contributed by atoms with van der Waals surface area (Å²) in [7, 11) is -5.78. The van der Waals surface area contributed by atoms with E-state index < -0.39 is 25.1 Å². The molecule has 0 aliphatic carbocycles. The second-order valence-corrected chi connectivity index (χ2v) is 10.9. The highest BCUT2D eigenvalue weighted by Gasteiger charge is 2.36. The number of sulfonamides is 1. The van der Waals surface area contributed by atoms with E-state index in [9.17, 15) is 16.8 Å². The first-order valence-corrected chi connectivity index (χ1v) is 12.3. The van der Waals surface area contributed by atoms with Crippen LogP contribution in [-0.2, 0) is 26.3 Å². The van der Waals surface area contributed by atoms with E-state index in [1.165, 1.54) is 11.4 Å². The van der Waals surface area contributed by atoms with E-state index in [0.29, 0.717) is 12.2 Å². The SMILES string of the molecule is CCc1ccc(OC)c(S(=O)(=O)N2CCC(S(=O)(=O)c3ccccc3)CC2)c1. The second kappa shape index (κ2) is 8.23. The molecule has 1 saturated heterocycles. The van der Waals surface area contributed by atoms with Crippen LogP contribution in [0.15, 0.2) is 58.3 Å². The third-order valence-corrected chi connectivity index (χ3v) is 9.36. The van der Waals surface area contributed by atoms with Crippen molar-refractivity contribution >= 4 is 19.9 Å². The van der Waals surface area contributed by atoms with Crippen LogP contribution in [-0.4, -0.2) is 46.6 Å². The number of rotatable bonds is 6. The number of hydrogen-bond acceptors (Lipinski definition) is 5. The first-order valence-electron chi connectivity index (χ1n) is 9.26. The minimum absolute atomic E-state index is 0.138. The Kier molecular flexibility index (Phi) is 6.12. The molecule has 0 bridgehead atoms. The van der Waals surface area contributed by atoms with E-state index in [-0.39, 0.29) is 35.7 Å². The van der Waals surface area contributed by atoms with Crippen molar-refractivity contribution in [3.63, 3.8) is 0 Å². The largest absolute Gasteiger partial charge is 0.495 e. The zero-order valence-corrected chi connectivity index (χ0v) is 17.7. The standard InChI is InChI=1S/C20H25NO5S2/c1-3-16-9-10-19(26-2)20(15-16)28(24,25)21-13-11-18(12-14-21)27(22,23)17-7-5-4-6-8-17/h4-10,15,18H,3,11-14H2,1-2H3. The van der Waals surface area contributed by atoms with E-state index >= 15 is 0 Å². The number of aryl methyl sites for hydroxylation is 1. The number of ether oxygens (including phenoxy) is 1. The Balaban J connectivity index is 1.81. The fraction of sp³-hybridized carbons (Fsp3) is 0.400. The quantitative estimate of drug-likeness (QED) is 0.714. The van der Waals surface area contributed by atoms with Crippen LogP contribution in [0, 0.1) is 0 Å². The zero-order valence-electron chi connectivity index (χ0n) is 16.0. The minimum Gasteiger partial charge on any atom is -0.495 e. The molecule has 0 atom stereocenters. The molecule has 2 aromatic carbocycles. The molecular weight excluding hydrogens is 398 g/mol. The molecule has 0 aromatic heterocycles. The van der Waals surface area contributed by atoms with Gasteiger partial charge in [-0.15, -0.1) is 0 Å². The molecule has 0 saturated carbocycles. The van der Waals surface area contributed by atoms with Gasteiger partial charge in [-0.05, 0) is 49.1 Å². The Morgan fingerprint density at radius 3 is 2.21 bits per heavy atom. The lowest BCUT2D eigenvalue weighted by Gasteiger charge is -2.31. The number of hydrogen-bond donors (Lipinski definition) is 0. The fourth-order valence-electron chi connectivity index (χ4n) is 3.47. The van der Waals surface area contributed by atoms with Crippen LogP contribution >= 0.6 is 0 Å². The second-order valence-electron chi connectivity index (χ2n) is 6.80. The maximum atomic E-state index is 13.2. The minimum atomic E-state index is -3.76. The fourth-order valence-corrected chi connectivity index (χ4v) is 6.90. The van der Waals surface area contributed by atoms with Crippen molar-refractivity contribution in [2.24, 2.45) is 0 Å². The van der Waals surface area contributed by atoms with E-state index in [4.69, 9.17) is 4.74 Å². The van der Waals surface area contributed by atoms with Gasteiger partial charge in [-0.25, -0.2) is 16.8 Å². The Hall–Kier alpha value is -1.90. The maximum absolute atomic E-state index is 13.2. The monoisotopic (exact) mass is 423 g/mol. The van der Waals surface area contributed by atoms with Gasteiger partial charge in [-0.1, -0.05) is 31.2 Å². The van der Waals surface area contributed by atoms with Crippen molar-refractivity contribution in [2.45, 2.75) is 41.2 Å². The summed E-state index contributed by atoms with van der Waals surface area (Å²) in [5.74, 6) is 0.302. The van der Waals surface area contributed by atoms with Crippen molar-refractivity contribution in [1.29, 1.82) is 0 Å². The molecule has 2 aromatic rings. The summed E-state index contributed by atoms with van der Waals surface area (Å²) < 4.78 is 58.6. The molecule has 1 aliphatic heterocycles. The number of piperidine rings is 1. The Morgan fingerprint density at radius 1 is 1.00 bits per heavy atom. The highest BCUT2D eigenvalue weighted by atomic mass is 32.2. The lowest BCUT2D eigenvalue weighted by Crippen LogP contribution is -2.42.